The van der Waals surface area contributed by atoms with Crippen molar-refractivity contribution in [3.8, 4) is 5.69 Å². The maximum atomic E-state index is 11.3. The lowest BCUT2D eigenvalue weighted by Gasteiger charge is -2.12. The maximum absolute atomic E-state index is 11.3. The van der Waals surface area contributed by atoms with Crippen LogP contribution >= 0.6 is 15.9 Å². The summed E-state index contributed by atoms with van der Waals surface area (Å²) in [6.07, 6.45) is 1.46. The van der Waals surface area contributed by atoms with Crippen molar-refractivity contribution in [2.75, 3.05) is 7.11 Å². The standard InChI is InChI=1S/C12H13BrN4O2/c1-7(14)9-4-3-8(13)5-10(9)17-6-15-11(16-17)12(18)19-2/h3-7H,14H2,1-2H3. The summed E-state index contributed by atoms with van der Waals surface area (Å²) in [5.74, 6) is -0.561. The Kier molecular flexibility index (Phi) is 3.96. The maximum Gasteiger partial charge on any atom is 0.377 e. The number of methoxy groups -OCH3 is 1. The number of aromatic nitrogens is 3. The number of rotatable bonds is 3. The van der Waals surface area contributed by atoms with Crippen molar-refractivity contribution in [2.24, 2.45) is 5.73 Å². The van der Waals surface area contributed by atoms with Crippen LogP contribution in [0.2, 0.25) is 0 Å². The minimum Gasteiger partial charge on any atom is -0.463 e. The van der Waals surface area contributed by atoms with E-state index < -0.39 is 5.97 Å². The van der Waals surface area contributed by atoms with Gasteiger partial charge in [-0.3, -0.25) is 0 Å². The Bertz CT molecular complexity index is 610. The van der Waals surface area contributed by atoms with Crippen molar-refractivity contribution in [3.63, 3.8) is 0 Å². The number of esters is 1. The largest absolute Gasteiger partial charge is 0.463 e. The first-order valence-electron chi connectivity index (χ1n) is 5.58. The number of ether oxygens (including phenoxy) is 1. The van der Waals surface area contributed by atoms with Gasteiger partial charge < -0.3 is 10.5 Å². The van der Waals surface area contributed by atoms with Crippen molar-refractivity contribution < 1.29 is 9.53 Å². The molecule has 0 fully saturated rings. The zero-order chi connectivity index (χ0) is 14.0. The Morgan fingerprint density at radius 2 is 2.26 bits per heavy atom. The Labute approximate surface area is 118 Å². The summed E-state index contributed by atoms with van der Waals surface area (Å²) >= 11 is 3.40. The molecule has 1 aromatic carbocycles. The van der Waals surface area contributed by atoms with Crippen LogP contribution in [0, 0.1) is 0 Å². The summed E-state index contributed by atoms with van der Waals surface area (Å²) in [4.78, 5) is 15.3. The molecule has 0 saturated heterocycles. The SMILES string of the molecule is COC(=O)c1ncn(-c2cc(Br)ccc2C(C)N)n1. The van der Waals surface area contributed by atoms with E-state index in [4.69, 9.17) is 5.73 Å². The summed E-state index contributed by atoms with van der Waals surface area (Å²) in [6.45, 7) is 1.88. The van der Waals surface area contributed by atoms with Gasteiger partial charge in [0.05, 0.1) is 12.8 Å². The van der Waals surface area contributed by atoms with Gasteiger partial charge in [0.1, 0.15) is 6.33 Å². The average Bonchev–Trinajstić information content (AvgIpc) is 2.86. The van der Waals surface area contributed by atoms with Gasteiger partial charge in [-0.15, -0.1) is 5.10 Å². The Balaban J connectivity index is 2.49. The smallest absolute Gasteiger partial charge is 0.377 e. The van der Waals surface area contributed by atoms with E-state index in [0.717, 1.165) is 15.7 Å². The quantitative estimate of drug-likeness (QED) is 0.871. The molecule has 1 aromatic heterocycles. The second-order valence-corrected chi connectivity index (χ2v) is 4.91. The highest BCUT2D eigenvalue weighted by Crippen LogP contribution is 2.23. The van der Waals surface area contributed by atoms with E-state index in [1.165, 1.54) is 18.1 Å². The zero-order valence-corrected chi connectivity index (χ0v) is 12.1. The van der Waals surface area contributed by atoms with Crippen molar-refractivity contribution in [3.05, 3.63) is 40.4 Å². The fourth-order valence-corrected chi connectivity index (χ4v) is 2.01. The molecule has 0 amide bonds. The van der Waals surface area contributed by atoms with Crippen LogP contribution in [0.5, 0.6) is 0 Å². The van der Waals surface area contributed by atoms with Crippen LogP contribution in [-0.2, 0) is 4.74 Å². The first-order chi connectivity index (χ1) is 9.02. The minimum atomic E-state index is -0.573. The van der Waals surface area contributed by atoms with Crippen molar-refractivity contribution in [1.29, 1.82) is 0 Å². The molecule has 2 rings (SSSR count). The predicted molar refractivity (Wildman–Crippen MR) is 73.0 cm³/mol. The lowest BCUT2D eigenvalue weighted by Crippen LogP contribution is -2.11. The third kappa shape index (κ3) is 2.82. The molecule has 2 aromatic rings. The van der Waals surface area contributed by atoms with E-state index in [-0.39, 0.29) is 11.9 Å². The molecule has 1 atom stereocenters. The average molecular weight is 325 g/mol. The highest BCUT2D eigenvalue weighted by molar-refractivity contribution is 9.10. The van der Waals surface area contributed by atoms with Crippen LogP contribution < -0.4 is 5.73 Å². The van der Waals surface area contributed by atoms with Gasteiger partial charge in [0, 0.05) is 10.5 Å². The number of halogens is 1. The lowest BCUT2D eigenvalue weighted by molar-refractivity contribution is 0.0587. The summed E-state index contributed by atoms with van der Waals surface area (Å²) in [7, 11) is 1.29. The second-order valence-electron chi connectivity index (χ2n) is 4.00. The van der Waals surface area contributed by atoms with Gasteiger partial charge in [-0.25, -0.2) is 14.5 Å². The Hall–Kier alpha value is -1.73. The van der Waals surface area contributed by atoms with Crippen molar-refractivity contribution in [1.82, 2.24) is 14.8 Å². The highest BCUT2D eigenvalue weighted by Gasteiger charge is 2.15. The fraction of sp³-hybridized carbons (Fsp3) is 0.250. The van der Waals surface area contributed by atoms with Crippen LogP contribution in [-0.4, -0.2) is 27.8 Å². The van der Waals surface area contributed by atoms with Crippen LogP contribution in [0.15, 0.2) is 29.0 Å². The molecule has 0 bridgehead atoms. The van der Waals surface area contributed by atoms with E-state index in [9.17, 15) is 4.79 Å². The molecule has 1 unspecified atom stereocenters. The Morgan fingerprint density at radius 1 is 1.53 bits per heavy atom. The molecular weight excluding hydrogens is 312 g/mol. The molecule has 100 valence electrons. The topological polar surface area (TPSA) is 83.0 Å². The van der Waals surface area contributed by atoms with E-state index >= 15 is 0 Å². The first kappa shape index (κ1) is 13.7. The molecule has 0 saturated carbocycles. The number of nitrogens with two attached hydrogens (primary N) is 1. The molecule has 0 aliphatic heterocycles. The summed E-state index contributed by atoms with van der Waals surface area (Å²) in [5.41, 5.74) is 7.60. The van der Waals surface area contributed by atoms with Gasteiger partial charge in [-0.2, -0.15) is 0 Å². The van der Waals surface area contributed by atoms with Gasteiger partial charge in [0.25, 0.3) is 5.82 Å². The van der Waals surface area contributed by atoms with Gasteiger partial charge >= 0.3 is 5.97 Å². The minimum absolute atomic E-state index is 0.0121. The number of nitrogens with zero attached hydrogens (tertiary/aromatic N) is 3. The van der Waals surface area contributed by atoms with E-state index in [2.05, 4.69) is 30.7 Å². The zero-order valence-electron chi connectivity index (χ0n) is 10.5. The molecular formula is C12H13BrN4O2. The van der Waals surface area contributed by atoms with Crippen molar-refractivity contribution in [2.45, 2.75) is 13.0 Å². The summed E-state index contributed by atoms with van der Waals surface area (Å²) < 4.78 is 6.98. The molecule has 2 N–H and O–H groups in total. The highest BCUT2D eigenvalue weighted by atomic mass is 79.9. The van der Waals surface area contributed by atoms with Crippen LogP contribution in [0.25, 0.3) is 5.69 Å². The molecule has 7 heteroatoms. The number of benzene rings is 1. The monoisotopic (exact) mass is 324 g/mol. The van der Waals surface area contributed by atoms with Crippen LogP contribution in [0.4, 0.5) is 0 Å². The number of hydrogen-bond acceptors (Lipinski definition) is 5. The van der Waals surface area contributed by atoms with Gasteiger partial charge in [0.2, 0.25) is 0 Å². The Morgan fingerprint density at radius 3 is 2.89 bits per heavy atom. The number of carbonyl (C=O) groups excluding carboxylic acids is 1. The van der Waals surface area contributed by atoms with Gasteiger partial charge in [-0.1, -0.05) is 22.0 Å². The van der Waals surface area contributed by atoms with Gasteiger partial charge in [0.15, 0.2) is 0 Å². The fourth-order valence-electron chi connectivity index (χ4n) is 1.66. The predicted octanol–water partition coefficient (Wildman–Crippen LogP) is 1.84. The molecule has 0 aliphatic rings. The van der Waals surface area contributed by atoms with E-state index in [1.807, 2.05) is 25.1 Å². The summed E-state index contributed by atoms with van der Waals surface area (Å²) in [5, 5.41) is 4.09. The van der Waals surface area contributed by atoms with E-state index in [1.54, 1.807) is 0 Å². The molecule has 19 heavy (non-hydrogen) atoms. The molecule has 0 aliphatic carbocycles. The van der Waals surface area contributed by atoms with Crippen molar-refractivity contribution >= 4 is 21.9 Å². The molecule has 0 spiro atoms. The molecule has 6 nitrogen and oxygen atoms in total. The number of hydrogen-bond donors (Lipinski definition) is 1. The third-order valence-corrected chi connectivity index (χ3v) is 3.08. The first-order valence-corrected chi connectivity index (χ1v) is 6.37. The molecule has 1 heterocycles. The second kappa shape index (κ2) is 5.50. The third-order valence-electron chi connectivity index (χ3n) is 2.59. The van der Waals surface area contributed by atoms with E-state index in [0.29, 0.717) is 0 Å². The molecule has 0 radical (unpaired) electrons. The lowest BCUT2D eigenvalue weighted by atomic mass is 10.1. The normalized spacial score (nSPS) is 12.2. The summed E-state index contributed by atoms with van der Waals surface area (Å²) in [6, 6.07) is 5.52. The van der Waals surface area contributed by atoms with Crippen LogP contribution in [0.1, 0.15) is 29.1 Å². The number of carbonyl (C=O) groups is 1. The van der Waals surface area contributed by atoms with Gasteiger partial charge in [-0.05, 0) is 24.6 Å². The van der Waals surface area contributed by atoms with Crippen LogP contribution in [0.3, 0.4) is 0 Å².